The highest BCUT2D eigenvalue weighted by Gasteiger charge is 2.18. The van der Waals surface area contributed by atoms with Crippen molar-refractivity contribution in [3.63, 3.8) is 0 Å². The van der Waals surface area contributed by atoms with Crippen molar-refractivity contribution in [1.29, 1.82) is 0 Å². The molecule has 0 N–H and O–H groups in total. The summed E-state index contributed by atoms with van der Waals surface area (Å²) in [6, 6.07) is 3.15. The minimum Gasteiger partial charge on any atom is -0.468 e. The fraction of sp³-hybridized carbons (Fsp3) is 0.462. The van der Waals surface area contributed by atoms with Crippen LogP contribution in [-0.4, -0.2) is 35.1 Å². The number of carbonyl (C=O) groups excluding carboxylic acids is 1. The summed E-state index contributed by atoms with van der Waals surface area (Å²) >= 11 is 0. The Kier molecular flexibility index (Phi) is 4.39. The topological polar surface area (TPSA) is 81.6 Å². The van der Waals surface area contributed by atoms with E-state index in [0.717, 1.165) is 12.8 Å². The summed E-state index contributed by atoms with van der Waals surface area (Å²) in [6.07, 6.45) is 1.70. The van der Waals surface area contributed by atoms with Gasteiger partial charge in [-0.3, -0.25) is 4.79 Å². The molecular weight excluding hydrogens is 262 g/mol. The molecule has 2 aromatic heterocycles. The minimum atomic E-state index is -0.274. The van der Waals surface area contributed by atoms with Crippen molar-refractivity contribution < 1.29 is 18.5 Å². The van der Waals surface area contributed by atoms with Crippen LogP contribution in [0.2, 0.25) is 0 Å². The Balaban J connectivity index is 1.99. The fourth-order valence-electron chi connectivity index (χ4n) is 1.69. The molecule has 1 amide bonds. The molecule has 108 valence electrons. The average molecular weight is 279 g/mol. The third-order valence-electron chi connectivity index (χ3n) is 2.70. The second-order valence-electron chi connectivity index (χ2n) is 4.34. The van der Waals surface area contributed by atoms with E-state index in [-0.39, 0.29) is 18.2 Å². The van der Waals surface area contributed by atoms with Crippen molar-refractivity contribution in [3.05, 3.63) is 29.6 Å². The number of methoxy groups -OCH3 is 1. The van der Waals surface area contributed by atoms with E-state index in [0.29, 0.717) is 17.7 Å². The standard InChI is InChI=1S/C13H17N3O4/c1-4-5-10-14-11(20-15-10)8-16(2)13(17)9-6-7-12(18-3)19-9/h6-7H,4-5,8H2,1-3H3. The highest BCUT2D eigenvalue weighted by molar-refractivity contribution is 5.91. The van der Waals surface area contributed by atoms with Crippen LogP contribution in [0.5, 0.6) is 5.95 Å². The van der Waals surface area contributed by atoms with Crippen LogP contribution in [-0.2, 0) is 13.0 Å². The van der Waals surface area contributed by atoms with E-state index in [9.17, 15) is 4.79 Å². The lowest BCUT2D eigenvalue weighted by Gasteiger charge is -2.12. The van der Waals surface area contributed by atoms with Crippen molar-refractivity contribution >= 4 is 5.91 Å². The van der Waals surface area contributed by atoms with Gasteiger partial charge in [-0.15, -0.1) is 0 Å². The number of hydrogen-bond donors (Lipinski definition) is 0. The lowest BCUT2D eigenvalue weighted by atomic mass is 10.3. The van der Waals surface area contributed by atoms with Crippen LogP contribution in [0, 0.1) is 0 Å². The maximum Gasteiger partial charge on any atom is 0.289 e. The van der Waals surface area contributed by atoms with E-state index < -0.39 is 0 Å². The average Bonchev–Trinajstić information content (AvgIpc) is 3.07. The molecule has 0 spiro atoms. The van der Waals surface area contributed by atoms with Crippen molar-refractivity contribution in [2.24, 2.45) is 0 Å². The molecule has 0 saturated carbocycles. The van der Waals surface area contributed by atoms with E-state index in [1.54, 1.807) is 19.2 Å². The smallest absolute Gasteiger partial charge is 0.289 e. The molecule has 2 rings (SSSR count). The lowest BCUT2D eigenvalue weighted by molar-refractivity contribution is 0.0731. The number of nitrogens with zero attached hydrogens (tertiary/aromatic N) is 3. The van der Waals surface area contributed by atoms with Gasteiger partial charge >= 0.3 is 0 Å². The second-order valence-corrected chi connectivity index (χ2v) is 4.34. The third kappa shape index (κ3) is 3.17. The zero-order chi connectivity index (χ0) is 14.5. The number of ether oxygens (including phenoxy) is 1. The molecule has 0 aliphatic rings. The van der Waals surface area contributed by atoms with Crippen LogP contribution in [0.25, 0.3) is 0 Å². The molecule has 20 heavy (non-hydrogen) atoms. The maximum atomic E-state index is 12.1. The fourth-order valence-corrected chi connectivity index (χ4v) is 1.69. The number of aryl methyl sites for hydroxylation is 1. The molecule has 7 heteroatoms. The zero-order valence-corrected chi connectivity index (χ0v) is 11.8. The quantitative estimate of drug-likeness (QED) is 0.803. The van der Waals surface area contributed by atoms with Gasteiger partial charge in [0.1, 0.15) is 6.54 Å². The van der Waals surface area contributed by atoms with Gasteiger partial charge in [0.2, 0.25) is 5.89 Å². The monoisotopic (exact) mass is 279 g/mol. The van der Waals surface area contributed by atoms with Crippen LogP contribution in [0.3, 0.4) is 0 Å². The normalized spacial score (nSPS) is 10.6. The highest BCUT2D eigenvalue weighted by atomic mass is 16.6. The van der Waals surface area contributed by atoms with Gasteiger partial charge in [0, 0.05) is 19.5 Å². The summed E-state index contributed by atoms with van der Waals surface area (Å²) < 4.78 is 15.2. The van der Waals surface area contributed by atoms with Gasteiger partial charge in [-0.1, -0.05) is 12.1 Å². The predicted molar refractivity (Wildman–Crippen MR) is 69.4 cm³/mol. The van der Waals surface area contributed by atoms with E-state index in [1.807, 2.05) is 6.92 Å². The summed E-state index contributed by atoms with van der Waals surface area (Å²) in [6.45, 7) is 2.27. The first-order valence-corrected chi connectivity index (χ1v) is 6.34. The number of furan rings is 1. The SMILES string of the molecule is CCCc1noc(CN(C)C(=O)c2ccc(OC)o2)n1. The van der Waals surface area contributed by atoms with E-state index in [1.165, 1.54) is 12.0 Å². The Morgan fingerprint density at radius 1 is 1.45 bits per heavy atom. The van der Waals surface area contributed by atoms with Gasteiger partial charge in [0.15, 0.2) is 11.6 Å². The first-order valence-electron chi connectivity index (χ1n) is 6.34. The molecule has 0 aromatic carbocycles. The van der Waals surface area contributed by atoms with E-state index in [4.69, 9.17) is 13.7 Å². The number of rotatable bonds is 6. The van der Waals surface area contributed by atoms with Crippen molar-refractivity contribution in [2.45, 2.75) is 26.3 Å². The van der Waals surface area contributed by atoms with Crippen LogP contribution in [0.4, 0.5) is 0 Å². The lowest BCUT2D eigenvalue weighted by Crippen LogP contribution is -2.25. The molecule has 0 unspecified atom stereocenters. The van der Waals surface area contributed by atoms with Crippen molar-refractivity contribution in [2.75, 3.05) is 14.2 Å². The molecule has 0 aliphatic carbocycles. The molecule has 7 nitrogen and oxygen atoms in total. The number of carbonyl (C=O) groups is 1. The first-order chi connectivity index (χ1) is 9.63. The molecule has 0 fully saturated rings. The molecule has 0 saturated heterocycles. The van der Waals surface area contributed by atoms with Crippen molar-refractivity contribution in [1.82, 2.24) is 15.0 Å². The van der Waals surface area contributed by atoms with E-state index in [2.05, 4.69) is 10.1 Å². The van der Waals surface area contributed by atoms with Gasteiger partial charge in [0.25, 0.3) is 11.9 Å². The predicted octanol–water partition coefficient (Wildman–Crippen LogP) is 1.90. The minimum absolute atomic E-state index is 0.206. The summed E-state index contributed by atoms with van der Waals surface area (Å²) in [5, 5.41) is 3.84. The number of aromatic nitrogens is 2. The van der Waals surface area contributed by atoms with Crippen LogP contribution in [0.1, 0.15) is 35.6 Å². The molecular formula is C13H17N3O4. The Morgan fingerprint density at radius 3 is 2.90 bits per heavy atom. The maximum absolute atomic E-state index is 12.1. The summed E-state index contributed by atoms with van der Waals surface area (Å²) in [5.74, 6) is 1.29. The highest BCUT2D eigenvalue weighted by Crippen LogP contribution is 2.17. The third-order valence-corrected chi connectivity index (χ3v) is 2.70. The molecule has 0 atom stereocenters. The molecule has 0 radical (unpaired) electrons. The summed E-state index contributed by atoms with van der Waals surface area (Å²) in [4.78, 5) is 17.8. The van der Waals surface area contributed by atoms with Gasteiger partial charge in [0.05, 0.1) is 7.11 Å². The Labute approximate surface area is 116 Å². The second kappa shape index (κ2) is 6.23. The van der Waals surface area contributed by atoms with Gasteiger partial charge in [-0.05, 0) is 12.5 Å². The largest absolute Gasteiger partial charge is 0.468 e. The summed E-state index contributed by atoms with van der Waals surface area (Å²) in [5.41, 5.74) is 0. The molecule has 0 bridgehead atoms. The van der Waals surface area contributed by atoms with Crippen LogP contribution >= 0.6 is 0 Å². The van der Waals surface area contributed by atoms with Gasteiger partial charge in [-0.2, -0.15) is 4.98 Å². The van der Waals surface area contributed by atoms with Crippen LogP contribution in [0.15, 0.2) is 21.1 Å². The molecule has 2 aromatic rings. The van der Waals surface area contributed by atoms with E-state index >= 15 is 0 Å². The Morgan fingerprint density at radius 2 is 2.25 bits per heavy atom. The summed E-state index contributed by atoms with van der Waals surface area (Å²) in [7, 11) is 3.12. The molecule has 2 heterocycles. The van der Waals surface area contributed by atoms with Gasteiger partial charge < -0.3 is 18.6 Å². The number of hydrogen-bond acceptors (Lipinski definition) is 6. The number of amides is 1. The van der Waals surface area contributed by atoms with Crippen molar-refractivity contribution in [3.8, 4) is 5.95 Å². The molecule has 0 aliphatic heterocycles. The first kappa shape index (κ1) is 14.1. The van der Waals surface area contributed by atoms with Gasteiger partial charge in [-0.25, -0.2) is 0 Å². The Hall–Kier alpha value is -2.31. The zero-order valence-electron chi connectivity index (χ0n) is 11.8. The van der Waals surface area contributed by atoms with Crippen LogP contribution < -0.4 is 4.74 Å². The Bertz CT molecular complexity index is 576.